The van der Waals surface area contributed by atoms with E-state index < -0.39 is 0 Å². The Hall–Kier alpha value is -0.920. The lowest BCUT2D eigenvalue weighted by Gasteiger charge is -2.24. The van der Waals surface area contributed by atoms with Gasteiger partial charge in [-0.1, -0.05) is 20.8 Å². The van der Waals surface area contributed by atoms with Crippen molar-refractivity contribution in [3.05, 3.63) is 17.8 Å². The van der Waals surface area contributed by atoms with Crippen molar-refractivity contribution >= 4 is 0 Å². The molecule has 0 fully saturated rings. The van der Waals surface area contributed by atoms with E-state index in [2.05, 4.69) is 41.5 Å². The molecular weight excluding hydrogens is 174 g/mol. The lowest BCUT2D eigenvalue weighted by molar-refractivity contribution is 0.319. The zero-order valence-electron chi connectivity index (χ0n) is 10.0. The molecule has 0 aliphatic carbocycles. The molecule has 0 saturated carbocycles. The number of aromatic nitrogens is 1. The van der Waals surface area contributed by atoms with E-state index >= 15 is 0 Å². The Balaban J connectivity index is 3.23. The van der Waals surface area contributed by atoms with Crippen LogP contribution in [0.3, 0.4) is 0 Å². The van der Waals surface area contributed by atoms with Crippen molar-refractivity contribution in [1.29, 1.82) is 0 Å². The van der Waals surface area contributed by atoms with Gasteiger partial charge in [-0.15, -0.1) is 0 Å². The van der Waals surface area contributed by atoms with Crippen molar-refractivity contribution in [1.82, 2.24) is 4.57 Å². The molecule has 1 N–H and O–H groups in total. The molecule has 0 aliphatic heterocycles. The summed E-state index contributed by atoms with van der Waals surface area (Å²) in [5.41, 5.74) is 0.946. The van der Waals surface area contributed by atoms with Gasteiger partial charge in [0.2, 0.25) is 0 Å². The maximum absolute atomic E-state index is 10.1. The van der Waals surface area contributed by atoms with Crippen LogP contribution in [0.4, 0.5) is 0 Å². The fourth-order valence-electron chi connectivity index (χ4n) is 1.55. The topological polar surface area (TPSA) is 25.2 Å². The van der Waals surface area contributed by atoms with Crippen molar-refractivity contribution < 1.29 is 5.11 Å². The van der Waals surface area contributed by atoms with Crippen LogP contribution in [0.2, 0.25) is 0 Å². The van der Waals surface area contributed by atoms with E-state index in [4.69, 9.17) is 0 Å². The van der Waals surface area contributed by atoms with E-state index in [0.29, 0.717) is 5.88 Å². The molecule has 14 heavy (non-hydrogen) atoms. The van der Waals surface area contributed by atoms with Crippen LogP contribution in [0.15, 0.2) is 12.3 Å². The third-order valence-electron chi connectivity index (χ3n) is 2.39. The third kappa shape index (κ3) is 1.94. The summed E-state index contributed by atoms with van der Waals surface area (Å²) in [6.45, 7) is 12.6. The van der Waals surface area contributed by atoms with Gasteiger partial charge in [-0.05, 0) is 32.3 Å². The second-order valence-electron chi connectivity index (χ2n) is 5.84. The van der Waals surface area contributed by atoms with Crippen LogP contribution in [0.25, 0.3) is 0 Å². The van der Waals surface area contributed by atoms with Crippen LogP contribution in [0.1, 0.15) is 47.1 Å². The summed E-state index contributed by atoms with van der Waals surface area (Å²) in [4.78, 5) is 0. The lowest BCUT2D eigenvalue weighted by atomic mass is 9.89. The molecule has 2 nitrogen and oxygen atoms in total. The Morgan fingerprint density at radius 1 is 1.07 bits per heavy atom. The second kappa shape index (κ2) is 3.04. The van der Waals surface area contributed by atoms with Gasteiger partial charge in [0.1, 0.15) is 0 Å². The van der Waals surface area contributed by atoms with Gasteiger partial charge in [0.25, 0.3) is 0 Å². The molecule has 0 unspecified atom stereocenters. The van der Waals surface area contributed by atoms with Crippen molar-refractivity contribution in [2.75, 3.05) is 0 Å². The summed E-state index contributed by atoms with van der Waals surface area (Å²) in [6, 6.07) is 2.00. The molecule has 1 aromatic heterocycles. The van der Waals surface area contributed by atoms with Gasteiger partial charge in [-0.25, -0.2) is 0 Å². The fourth-order valence-corrected chi connectivity index (χ4v) is 1.55. The zero-order chi connectivity index (χ0) is 11.1. The average molecular weight is 195 g/mol. The first-order chi connectivity index (χ1) is 6.14. The van der Waals surface area contributed by atoms with E-state index in [1.165, 1.54) is 0 Å². The summed E-state index contributed by atoms with van der Waals surface area (Å²) < 4.78 is 1.91. The minimum absolute atomic E-state index is 0.000579. The van der Waals surface area contributed by atoms with Crippen LogP contribution in [0.5, 0.6) is 5.88 Å². The first kappa shape index (κ1) is 11.2. The maximum Gasteiger partial charge on any atom is 0.195 e. The Bertz CT molecular complexity index is 292. The van der Waals surface area contributed by atoms with E-state index in [-0.39, 0.29) is 11.0 Å². The highest BCUT2D eigenvalue weighted by Crippen LogP contribution is 2.34. The molecule has 0 aliphatic rings. The van der Waals surface area contributed by atoms with Crippen LogP contribution < -0.4 is 0 Å². The van der Waals surface area contributed by atoms with Crippen molar-refractivity contribution in [3.63, 3.8) is 0 Å². The van der Waals surface area contributed by atoms with Gasteiger partial charge < -0.3 is 9.67 Å². The molecule has 80 valence electrons. The smallest absolute Gasteiger partial charge is 0.195 e. The van der Waals surface area contributed by atoms with Gasteiger partial charge in [-0.2, -0.15) is 0 Å². The molecule has 0 atom stereocenters. The second-order valence-corrected chi connectivity index (χ2v) is 5.84. The predicted molar refractivity (Wildman–Crippen MR) is 59.8 cm³/mol. The highest BCUT2D eigenvalue weighted by Gasteiger charge is 2.24. The van der Waals surface area contributed by atoms with Crippen LogP contribution in [0, 0.1) is 0 Å². The highest BCUT2D eigenvalue weighted by molar-refractivity contribution is 5.34. The zero-order valence-corrected chi connectivity index (χ0v) is 10.0. The average Bonchev–Trinajstić information content (AvgIpc) is 2.26. The first-order valence-electron chi connectivity index (χ1n) is 5.05. The quantitative estimate of drug-likeness (QED) is 0.675. The molecular formula is C12H21NO. The maximum atomic E-state index is 10.1. The number of hydrogen-bond donors (Lipinski definition) is 1. The molecule has 0 bridgehead atoms. The van der Waals surface area contributed by atoms with E-state index in [1.807, 2.05) is 16.8 Å². The van der Waals surface area contributed by atoms with Gasteiger partial charge in [0, 0.05) is 17.3 Å². The SMILES string of the molecule is CC(C)(C)c1ccn(C(C)(C)C)c1O. The monoisotopic (exact) mass is 195 g/mol. The first-order valence-corrected chi connectivity index (χ1v) is 5.05. The summed E-state index contributed by atoms with van der Waals surface area (Å²) in [5.74, 6) is 0.394. The molecule has 1 aromatic rings. The van der Waals surface area contributed by atoms with Gasteiger partial charge >= 0.3 is 0 Å². The normalized spacial score (nSPS) is 13.3. The van der Waals surface area contributed by atoms with Gasteiger partial charge in [0.15, 0.2) is 5.88 Å². The van der Waals surface area contributed by atoms with Crippen molar-refractivity contribution in [3.8, 4) is 5.88 Å². The fraction of sp³-hybridized carbons (Fsp3) is 0.667. The highest BCUT2D eigenvalue weighted by atomic mass is 16.3. The molecule has 0 amide bonds. The Labute approximate surface area is 86.6 Å². The Morgan fingerprint density at radius 2 is 1.57 bits per heavy atom. The summed E-state index contributed by atoms with van der Waals surface area (Å²) in [7, 11) is 0. The third-order valence-corrected chi connectivity index (χ3v) is 2.39. The minimum atomic E-state index is -0.0619. The number of rotatable bonds is 0. The molecule has 0 spiro atoms. The molecule has 0 radical (unpaired) electrons. The van der Waals surface area contributed by atoms with E-state index in [1.54, 1.807) is 0 Å². The standard InChI is InChI=1S/C12H21NO/c1-11(2,3)9-7-8-13(10(9)14)12(4,5)6/h7-8,14H,1-6H3. The molecule has 0 saturated heterocycles. The van der Waals surface area contributed by atoms with Crippen LogP contribution in [-0.2, 0) is 11.0 Å². The summed E-state index contributed by atoms with van der Waals surface area (Å²) in [6.07, 6.45) is 1.95. The van der Waals surface area contributed by atoms with E-state index in [9.17, 15) is 5.11 Å². The molecule has 1 heterocycles. The minimum Gasteiger partial charge on any atom is -0.494 e. The van der Waals surface area contributed by atoms with E-state index in [0.717, 1.165) is 5.56 Å². The van der Waals surface area contributed by atoms with Crippen LogP contribution >= 0.6 is 0 Å². The summed E-state index contributed by atoms with van der Waals surface area (Å²) >= 11 is 0. The Morgan fingerprint density at radius 3 is 1.79 bits per heavy atom. The van der Waals surface area contributed by atoms with Crippen molar-refractivity contribution in [2.45, 2.75) is 52.5 Å². The molecule has 1 rings (SSSR count). The molecule has 0 aromatic carbocycles. The van der Waals surface area contributed by atoms with Crippen LogP contribution in [-0.4, -0.2) is 9.67 Å². The molecule has 2 heteroatoms. The van der Waals surface area contributed by atoms with Gasteiger partial charge in [0.05, 0.1) is 0 Å². The van der Waals surface area contributed by atoms with Crippen molar-refractivity contribution in [2.24, 2.45) is 0 Å². The Kier molecular flexibility index (Phi) is 2.42. The number of aromatic hydroxyl groups is 1. The van der Waals surface area contributed by atoms with Gasteiger partial charge in [-0.3, -0.25) is 0 Å². The number of hydrogen-bond acceptors (Lipinski definition) is 1. The predicted octanol–water partition coefficient (Wildman–Crippen LogP) is 3.25. The largest absolute Gasteiger partial charge is 0.494 e. The number of nitrogens with zero attached hydrogens (tertiary/aromatic N) is 1. The lowest BCUT2D eigenvalue weighted by Crippen LogP contribution is -2.21. The summed E-state index contributed by atoms with van der Waals surface area (Å²) in [5, 5.41) is 10.1.